The van der Waals surface area contributed by atoms with E-state index in [1.165, 1.54) is 6.07 Å². The molecule has 0 saturated heterocycles. The molecule has 0 heterocycles. The molecule has 0 aliphatic carbocycles. The van der Waals surface area contributed by atoms with Crippen molar-refractivity contribution in [3.63, 3.8) is 0 Å². The number of benzene rings is 1. The second-order valence-corrected chi connectivity index (χ2v) is 4.74. The predicted molar refractivity (Wildman–Crippen MR) is 65.7 cm³/mol. The molecule has 4 heteroatoms. The van der Waals surface area contributed by atoms with Gasteiger partial charge in [0.2, 0.25) is 0 Å². The summed E-state index contributed by atoms with van der Waals surface area (Å²) in [6.45, 7) is 1.87. The Labute approximate surface area is 103 Å². The van der Waals surface area contributed by atoms with E-state index in [0.717, 1.165) is 0 Å². The van der Waals surface area contributed by atoms with Gasteiger partial charge in [-0.1, -0.05) is 12.1 Å². The number of rotatable bonds is 5. The van der Waals surface area contributed by atoms with E-state index in [4.69, 9.17) is 5.73 Å². The minimum atomic E-state index is -0.336. The molecule has 1 aromatic carbocycles. The largest absolute Gasteiger partial charge is 0.328 e. The Hall–Kier alpha value is -0.740. The van der Waals surface area contributed by atoms with Crippen molar-refractivity contribution in [2.24, 2.45) is 5.73 Å². The van der Waals surface area contributed by atoms with Gasteiger partial charge in [-0.3, -0.25) is 4.79 Å². The summed E-state index contributed by atoms with van der Waals surface area (Å²) in [4.78, 5) is 11.6. The molecule has 16 heavy (non-hydrogen) atoms. The number of Topliss-reactive ketones (excluding diaryl/α,β-unsaturated/α-hetero) is 1. The van der Waals surface area contributed by atoms with Crippen molar-refractivity contribution < 1.29 is 9.18 Å². The van der Waals surface area contributed by atoms with Crippen LogP contribution in [0.25, 0.3) is 0 Å². The molecule has 2 nitrogen and oxygen atoms in total. The van der Waals surface area contributed by atoms with Gasteiger partial charge in [-0.05, 0) is 40.9 Å². The van der Waals surface area contributed by atoms with Gasteiger partial charge < -0.3 is 5.73 Å². The molecule has 0 aromatic heterocycles. The van der Waals surface area contributed by atoms with Crippen LogP contribution in [-0.4, -0.2) is 11.8 Å². The minimum absolute atomic E-state index is 0.0277. The first-order chi connectivity index (χ1) is 7.50. The van der Waals surface area contributed by atoms with Gasteiger partial charge in [-0.15, -0.1) is 0 Å². The molecular weight excluding hydrogens is 273 g/mol. The van der Waals surface area contributed by atoms with Gasteiger partial charge in [0.25, 0.3) is 0 Å². The molecule has 1 atom stereocenters. The summed E-state index contributed by atoms with van der Waals surface area (Å²) < 4.78 is 13.5. The van der Waals surface area contributed by atoms with Gasteiger partial charge >= 0.3 is 0 Å². The highest BCUT2D eigenvalue weighted by molar-refractivity contribution is 9.10. The summed E-state index contributed by atoms with van der Waals surface area (Å²) in [7, 11) is 0. The van der Waals surface area contributed by atoms with Crippen molar-refractivity contribution in [1.29, 1.82) is 0 Å². The number of hydrogen-bond acceptors (Lipinski definition) is 2. The van der Waals surface area contributed by atoms with Crippen LogP contribution >= 0.6 is 15.9 Å². The Kier molecular flexibility index (Phi) is 5.09. The zero-order chi connectivity index (χ0) is 12.1. The SMILES string of the molecule is CC(N)CCC(=O)Cc1cccc(F)c1Br. The Morgan fingerprint density at radius 2 is 2.25 bits per heavy atom. The summed E-state index contributed by atoms with van der Waals surface area (Å²) in [5.41, 5.74) is 6.26. The maximum Gasteiger partial charge on any atom is 0.137 e. The molecule has 0 aliphatic rings. The average molecular weight is 288 g/mol. The van der Waals surface area contributed by atoms with E-state index in [-0.39, 0.29) is 24.1 Å². The molecule has 0 radical (unpaired) electrons. The van der Waals surface area contributed by atoms with Crippen LogP contribution in [0.3, 0.4) is 0 Å². The maximum absolute atomic E-state index is 13.2. The number of nitrogens with two attached hydrogens (primary N) is 1. The third kappa shape index (κ3) is 4.02. The molecule has 1 rings (SSSR count). The number of carbonyl (C=O) groups is 1. The molecule has 88 valence electrons. The highest BCUT2D eigenvalue weighted by atomic mass is 79.9. The van der Waals surface area contributed by atoms with E-state index >= 15 is 0 Å². The highest BCUT2D eigenvalue weighted by Gasteiger charge is 2.10. The quantitative estimate of drug-likeness (QED) is 0.905. The van der Waals surface area contributed by atoms with Crippen molar-refractivity contribution in [3.8, 4) is 0 Å². The van der Waals surface area contributed by atoms with Crippen LogP contribution in [0, 0.1) is 5.82 Å². The van der Waals surface area contributed by atoms with Crippen molar-refractivity contribution >= 4 is 21.7 Å². The first-order valence-electron chi connectivity index (χ1n) is 5.21. The monoisotopic (exact) mass is 287 g/mol. The normalized spacial score (nSPS) is 12.5. The van der Waals surface area contributed by atoms with Crippen molar-refractivity contribution in [2.45, 2.75) is 32.2 Å². The van der Waals surface area contributed by atoms with Gasteiger partial charge in [-0.2, -0.15) is 0 Å². The molecule has 0 fully saturated rings. The van der Waals surface area contributed by atoms with E-state index in [9.17, 15) is 9.18 Å². The van der Waals surface area contributed by atoms with Gasteiger partial charge in [0, 0.05) is 18.9 Å². The van der Waals surface area contributed by atoms with E-state index < -0.39 is 0 Å². The summed E-state index contributed by atoms with van der Waals surface area (Å²) >= 11 is 3.14. The molecule has 0 bridgehead atoms. The van der Waals surface area contributed by atoms with Gasteiger partial charge in [-0.25, -0.2) is 4.39 Å². The van der Waals surface area contributed by atoms with Crippen molar-refractivity contribution in [2.75, 3.05) is 0 Å². The summed E-state index contributed by atoms with van der Waals surface area (Å²) in [5, 5.41) is 0. The van der Waals surface area contributed by atoms with Crippen molar-refractivity contribution in [1.82, 2.24) is 0 Å². The fourth-order valence-electron chi connectivity index (χ4n) is 1.37. The highest BCUT2D eigenvalue weighted by Crippen LogP contribution is 2.21. The third-order valence-electron chi connectivity index (χ3n) is 2.30. The molecule has 0 amide bonds. The van der Waals surface area contributed by atoms with Crippen LogP contribution in [0.4, 0.5) is 4.39 Å². The van der Waals surface area contributed by atoms with E-state index in [2.05, 4.69) is 15.9 Å². The van der Waals surface area contributed by atoms with Crippen molar-refractivity contribution in [3.05, 3.63) is 34.1 Å². The summed E-state index contributed by atoms with van der Waals surface area (Å²) in [6, 6.07) is 4.74. The van der Waals surface area contributed by atoms with E-state index in [1.54, 1.807) is 12.1 Å². The lowest BCUT2D eigenvalue weighted by Crippen LogP contribution is -2.17. The zero-order valence-corrected chi connectivity index (χ0v) is 10.8. The van der Waals surface area contributed by atoms with Gasteiger partial charge in [0.05, 0.1) is 4.47 Å². The number of ketones is 1. The lowest BCUT2D eigenvalue weighted by molar-refractivity contribution is -0.118. The number of hydrogen-bond donors (Lipinski definition) is 1. The first-order valence-corrected chi connectivity index (χ1v) is 6.00. The maximum atomic E-state index is 13.2. The molecule has 2 N–H and O–H groups in total. The Morgan fingerprint density at radius 1 is 1.56 bits per heavy atom. The molecule has 1 unspecified atom stereocenters. The standard InChI is InChI=1S/C12H15BrFNO/c1-8(15)5-6-10(16)7-9-3-2-4-11(14)12(9)13/h2-4,8H,5-7,15H2,1H3. The predicted octanol–water partition coefficient (Wildman–Crippen LogP) is 2.83. The lowest BCUT2D eigenvalue weighted by Gasteiger charge is -2.06. The second-order valence-electron chi connectivity index (χ2n) is 3.94. The molecular formula is C12H15BrFNO. The summed E-state index contributed by atoms with van der Waals surface area (Å²) in [5.74, 6) is -0.249. The van der Waals surface area contributed by atoms with Crippen LogP contribution in [0.15, 0.2) is 22.7 Å². The summed E-state index contributed by atoms with van der Waals surface area (Å²) in [6.07, 6.45) is 1.37. The van der Waals surface area contributed by atoms with Crippen LogP contribution in [-0.2, 0) is 11.2 Å². The Balaban J connectivity index is 2.59. The smallest absolute Gasteiger partial charge is 0.137 e. The van der Waals surface area contributed by atoms with Gasteiger partial charge in [0.15, 0.2) is 0 Å². The zero-order valence-electron chi connectivity index (χ0n) is 9.17. The topological polar surface area (TPSA) is 43.1 Å². The molecule has 0 spiro atoms. The van der Waals surface area contributed by atoms with E-state index in [0.29, 0.717) is 22.9 Å². The van der Waals surface area contributed by atoms with Crippen LogP contribution in [0.5, 0.6) is 0 Å². The molecule has 0 aliphatic heterocycles. The lowest BCUT2D eigenvalue weighted by atomic mass is 10.0. The van der Waals surface area contributed by atoms with E-state index in [1.807, 2.05) is 6.92 Å². The first kappa shape index (κ1) is 13.3. The number of carbonyl (C=O) groups excluding carboxylic acids is 1. The fraction of sp³-hybridized carbons (Fsp3) is 0.417. The van der Waals surface area contributed by atoms with Crippen LogP contribution in [0.2, 0.25) is 0 Å². The molecule has 0 saturated carbocycles. The number of halogens is 2. The average Bonchev–Trinajstić information content (AvgIpc) is 2.22. The van der Waals surface area contributed by atoms with Gasteiger partial charge in [0.1, 0.15) is 11.6 Å². The second kappa shape index (κ2) is 6.11. The Bertz CT molecular complexity index is 379. The third-order valence-corrected chi connectivity index (χ3v) is 3.19. The minimum Gasteiger partial charge on any atom is -0.328 e. The van der Waals surface area contributed by atoms with Crippen LogP contribution < -0.4 is 5.73 Å². The fourth-order valence-corrected chi connectivity index (χ4v) is 1.78. The Morgan fingerprint density at radius 3 is 2.88 bits per heavy atom. The van der Waals surface area contributed by atoms with Crippen LogP contribution in [0.1, 0.15) is 25.3 Å². The molecule has 1 aromatic rings.